The number of methoxy groups -OCH3 is 1. The number of rotatable bonds is 8. The van der Waals surface area contributed by atoms with Gasteiger partial charge in [-0.25, -0.2) is 0 Å². The summed E-state index contributed by atoms with van der Waals surface area (Å²) in [4.78, 5) is 0. The summed E-state index contributed by atoms with van der Waals surface area (Å²) in [5.74, 6) is 0.898. The molecule has 1 aromatic heterocycles. The lowest BCUT2D eigenvalue weighted by molar-refractivity contribution is -0.0144. The van der Waals surface area contributed by atoms with E-state index in [0.29, 0.717) is 13.2 Å². The molecule has 0 radical (unpaired) electrons. The molecule has 4 heteroatoms. The Morgan fingerprint density at radius 3 is 2.82 bits per heavy atom. The van der Waals surface area contributed by atoms with Gasteiger partial charge in [0, 0.05) is 25.8 Å². The van der Waals surface area contributed by atoms with Gasteiger partial charge in [-0.2, -0.15) is 0 Å². The Balaban J connectivity index is 2.28. The molecular formula is C13H23NO3. The Morgan fingerprint density at radius 1 is 1.41 bits per heavy atom. The zero-order valence-electron chi connectivity index (χ0n) is 11.2. The van der Waals surface area contributed by atoms with Crippen molar-refractivity contribution in [2.75, 3.05) is 20.8 Å². The van der Waals surface area contributed by atoms with Crippen molar-refractivity contribution in [1.82, 2.24) is 5.32 Å². The van der Waals surface area contributed by atoms with Crippen LogP contribution in [0.5, 0.6) is 0 Å². The normalized spacial score (nSPS) is 12.0. The zero-order valence-corrected chi connectivity index (χ0v) is 11.2. The number of furan rings is 1. The smallest absolute Gasteiger partial charge is 0.133 e. The van der Waals surface area contributed by atoms with Crippen molar-refractivity contribution in [3.05, 3.63) is 23.7 Å². The van der Waals surface area contributed by atoms with Gasteiger partial charge in [0.15, 0.2) is 0 Å². The molecule has 1 heterocycles. The van der Waals surface area contributed by atoms with Crippen LogP contribution in [0.2, 0.25) is 0 Å². The molecule has 1 aromatic rings. The quantitative estimate of drug-likeness (QED) is 0.709. The fourth-order valence-electron chi connectivity index (χ4n) is 1.43. The second-order valence-corrected chi connectivity index (χ2v) is 4.67. The SMILES string of the molecule is CNCc1ccoc1COCCC(C)(C)OC. The van der Waals surface area contributed by atoms with E-state index in [-0.39, 0.29) is 5.60 Å². The molecule has 0 spiro atoms. The van der Waals surface area contributed by atoms with Gasteiger partial charge < -0.3 is 19.2 Å². The molecule has 1 N–H and O–H groups in total. The topological polar surface area (TPSA) is 43.6 Å². The lowest BCUT2D eigenvalue weighted by Gasteiger charge is -2.22. The van der Waals surface area contributed by atoms with Crippen LogP contribution < -0.4 is 5.32 Å². The fourth-order valence-corrected chi connectivity index (χ4v) is 1.43. The third-order valence-corrected chi connectivity index (χ3v) is 2.84. The summed E-state index contributed by atoms with van der Waals surface area (Å²) < 4.78 is 16.3. The van der Waals surface area contributed by atoms with E-state index in [4.69, 9.17) is 13.9 Å². The van der Waals surface area contributed by atoms with E-state index in [1.807, 2.05) is 13.1 Å². The first-order chi connectivity index (χ1) is 8.09. The maximum absolute atomic E-state index is 5.60. The highest BCUT2D eigenvalue weighted by atomic mass is 16.5. The Hall–Kier alpha value is -0.840. The molecule has 0 saturated heterocycles. The average molecular weight is 241 g/mol. The first kappa shape index (κ1) is 14.2. The molecule has 0 unspecified atom stereocenters. The number of hydrogen-bond acceptors (Lipinski definition) is 4. The summed E-state index contributed by atoms with van der Waals surface area (Å²) in [5, 5.41) is 3.10. The predicted octanol–water partition coefficient (Wildman–Crippen LogP) is 2.33. The molecule has 0 bridgehead atoms. The Bertz CT molecular complexity index is 320. The molecule has 1 rings (SSSR count). The Morgan fingerprint density at radius 2 is 2.18 bits per heavy atom. The van der Waals surface area contributed by atoms with Gasteiger partial charge in [0.2, 0.25) is 0 Å². The summed E-state index contributed by atoms with van der Waals surface area (Å²) in [6.45, 7) is 6.09. The molecule has 0 saturated carbocycles. The molecule has 0 aliphatic rings. The van der Waals surface area contributed by atoms with E-state index in [2.05, 4.69) is 19.2 Å². The van der Waals surface area contributed by atoms with Crippen LogP contribution >= 0.6 is 0 Å². The van der Waals surface area contributed by atoms with Crippen molar-refractivity contribution in [1.29, 1.82) is 0 Å². The minimum atomic E-state index is -0.128. The van der Waals surface area contributed by atoms with E-state index < -0.39 is 0 Å². The van der Waals surface area contributed by atoms with Crippen LogP contribution in [0.1, 0.15) is 31.6 Å². The summed E-state index contributed by atoms with van der Waals surface area (Å²) in [7, 11) is 3.64. The monoisotopic (exact) mass is 241 g/mol. The maximum atomic E-state index is 5.60. The zero-order chi connectivity index (χ0) is 12.7. The molecule has 4 nitrogen and oxygen atoms in total. The van der Waals surface area contributed by atoms with Crippen molar-refractivity contribution in [3.8, 4) is 0 Å². The van der Waals surface area contributed by atoms with E-state index in [1.165, 1.54) is 0 Å². The van der Waals surface area contributed by atoms with Gasteiger partial charge in [-0.05, 0) is 33.4 Å². The third-order valence-electron chi connectivity index (χ3n) is 2.84. The maximum Gasteiger partial charge on any atom is 0.133 e. The van der Waals surface area contributed by atoms with Crippen LogP contribution in [0.15, 0.2) is 16.7 Å². The molecule has 17 heavy (non-hydrogen) atoms. The predicted molar refractivity (Wildman–Crippen MR) is 66.8 cm³/mol. The van der Waals surface area contributed by atoms with Gasteiger partial charge in [0.05, 0.1) is 11.9 Å². The minimum absolute atomic E-state index is 0.128. The van der Waals surface area contributed by atoms with Crippen molar-refractivity contribution >= 4 is 0 Å². The molecular weight excluding hydrogens is 218 g/mol. The van der Waals surface area contributed by atoms with E-state index >= 15 is 0 Å². The first-order valence-electron chi connectivity index (χ1n) is 5.92. The van der Waals surface area contributed by atoms with E-state index in [1.54, 1.807) is 13.4 Å². The highest BCUT2D eigenvalue weighted by Gasteiger charge is 2.15. The largest absolute Gasteiger partial charge is 0.467 e. The highest BCUT2D eigenvalue weighted by Crippen LogP contribution is 2.15. The summed E-state index contributed by atoms with van der Waals surface area (Å²) in [6, 6.07) is 1.97. The van der Waals surface area contributed by atoms with Crippen molar-refractivity contribution < 1.29 is 13.9 Å². The second kappa shape index (κ2) is 6.79. The van der Waals surface area contributed by atoms with Gasteiger partial charge in [-0.15, -0.1) is 0 Å². The van der Waals surface area contributed by atoms with Gasteiger partial charge in [0.1, 0.15) is 12.4 Å². The molecule has 0 aliphatic heterocycles. The standard InChI is InChI=1S/C13H23NO3/c1-13(2,15-4)6-8-16-10-12-11(9-14-3)5-7-17-12/h5,7,14H,6,8-10H2,1-4H3. The third kappa shape index (κ3) is 4.89. The molecule has 0 aliphatic carbocycles. The van der Waals surface area contributed by atoms with Crippen LogP contribution in [-0.4, -0.2) is 26.4 Å². The second-order valence-electron chi connectivity index (χ2n) is 4.67. The van der Waals surface area contributed by atoms with Gasteiger partial charge in [0.25, 0.3) is 0 Å². The van der Waals surface area contributed by atoms with Crippen molar-refractivity contribution in [2.45, 2.75) is 39.0 Å². The fraction of sp³-hybridized carbons (Fsp3) is 0.692. The average Bonchev–Trinajstić information content (AvgIpc) is 2.73. The number of hydrogen-bond donors (Lipinski definition) is 1. The van der Waals surface area contributed by atoms with Crippen LogP contribution in [0, 0.1) is 0 Å². The number of nitrogens with one attached hydrogen (secondary N) is 1. The van der Waals surface area contributed by atoms with Gasteiger partial charge in [-0.3, -0.25) is 0 Å². The molecule has 0 fully saturated rings. The van der Waals surface area contributed by atoms with E-state index in [0.717, 1.165) is 24.3 Å². The molecule has 0 amide bonds. The van der Waals surface area contributed by atoms with Crippen molar-refractivity contribution in [2.24, 2.45) is 0 Å². The van der Waals surface area contributed by atoms with Crippen LogP contribution in [0.4, 0.5) is 0 Å². The highest BCUT2D eigenvalue weighted by molar-refractivity contribution is 5.15. The lowest BCUT2D eigenvalue weighted by Crippen LogP contribution is -2.24. The van der Waals surface area contributed by atoms with E-state index in [9.17, 15) is 0 Å². The summed E-state index contributed by atoms with van der Waals surface area (Å²) >= 11 is 0. The van der Waals surface area contributed by atoms with Crippen LogP contribution in [0.25, 0.3) is 0 Å². The summed E-state index contributed by atoms with van der Waals surface area (Å²) in [5.41, 5.74) is 1.02. The molecule has 98 valence electrons. The Kier molecular flexibility index (Phi) is 5.68. The number of ether oxygens (including phenoxy) is 2. The first-order valence-corrected chi connectivity index (χ1v) is 5.92. The van der Waals surface area contributed by atoms with Crippen LogP contribution in [-0.2, 0) is 22.6 Å². The summed E-state index contributed by atoms with van der Waals surface area (Å²) in [6.07, 6.45) is 2.57. The van der Waals surface area contributed by atoms with Gasteiger partial charge >= 0.3 is 0 Å². The van der Waals surface area contributed by atoms with Crippen molar-refractivity contribution in [3.63, 3.8) is 0 Å². The molecule has 0 aromatic carbocycles. The lowest BCUT2D eigenvalue weighted by atomic mass is 10.1. The van der Waals surface area contributed by atoms with Crippen LogP contribution in [0.3, 0.4) is 0 Å². The van der Waals surface area contributed by atoms with Gasteiger partial charge in [-0.1, -0.05) is 0 Å². The Labute approximate surface area is 103 Å². The minimum Gasteiger partial charge on any atom is -0.467 e. The molecule has 0 atom stereocenters.